The molecule has 21 heavy (non-hydrogen) atoms. The van der Waals surface area contributed by atoms with Gasteiger partial charge in [-0.1, -0.05) is 0 Å². The number of carbonyl (C=O) groups excluding carboxylic acids is 1. The van der Waals surface area contributed by atoms with Crippen LogP contribution in [-0.2, 0) is 19.4 Å². The third-order valence-electron chi connectivity index (χ3n) is 2.95. The molecule has 0 aliphatic carbocycles. The molecule has 0 spiro atoms. The van der Waals surface area contributed by atoms with Gasteiger partial charge in [0.2, 0.25) is 0 Å². The maximum atomic E-state index is 11.4. The molecule has 1 aliphatic heterocycles. The van der Waals surface area contributed by atoms with Crippen LogP contribution in [0.1, 0.15) is 26.2 Å². The molecule has 0 aromatic heterocycles. The van der Waals surface area contributed by atoms with Crippen molar-refractivity contribution >= 4 is 45.7 Å². The molecule has 1 rings (SSSR count). The van der Waals surface area contributed by atoms with Crippen molar-refractivity contribution in [2.75, 3.05) is 31.7 Å². The number of rotatable bonds is 6. The van der Waals surface area contributed by atoms with Gasteiger partial charge in [-0.15, -0.1) is 24.0 Å². The first kappa shape index (κ1) is 20.4. The van der Waals surface area contributed by atoms with E-state index in [4.69, 9.17) is 4.74 Å². The van der Waals surface area contributed by atoms with Crippen molar-refractivity contribution in [3.05, 3.63) is 0 Å². The van der Waals surface area contributed by atoms with E-state index in [-0.39, 0.29) is 47.5 Å². The summed E-state index contributed by atoms with van der Waals surface area (Å²) in [6, 6.07) is -0.0868. The second-order valence-corrected chi connectivity index (χ2v) is 6.88. The fraction of sp³-hybridized carbons (Fsp3) is 0.833. The standard InChI is InChI=1S/C12H23N3O4S.HI/c1-3-19-11(16)5-4-7-14-12(13-2)15-10-6-8-20(17,18)9-10;/h10H,3-9H2,1-2H3,(H2,13,14,15);1H. The minimum absolute atomic E-state index is 0. The molecule has 124 valence electrons. The summed E-state index contributed by atoms with van der Waals surface area (Å²) in [5.41, 5.74) is 0. The topological polar surface area (TPSA) is 96.9 Å². The normalized spacial score (nSPS) is 20.5. The summed E-state index contributed by atoms with van der Waals surface area (Å²) in [5.74, 6) is 0.733. The Bertz CT molecular complexity index is 453. The first-order valence-corrected chi connectivity index (χ1v) is 8.62. The Hall–Kier alpha value is -0.580. The van der Waals surface area contributed by atoms with Gasteiger partial charge in [0, 0.05) is 26.1 Å². The summed E-state index contributed by atoms with van der Waals surface area (Å²) >= 11 is 0. The zero-order chi connectivity index (χ0) is 15.0. The fourth-order valence-corrected chi connectivity index (χ4v) is 3.64. The second-order valence-electron chi connectivity index (χ2n) is 4.65. The number of nitrogens with one attached hydrogen (secondary N) is 2. The summed E-state index contributed by atoms with van der Waals surface area (Å²) in [7, 11) is -1.27. The van der Waals surface area contributed by atoms with Crippen molar-refractivity contribution in [2.45, 2.75) is 32.2 Å². The summed E-state index contributed by atoms with van der Waals surface area (Å²) in [6.45, 7) is 2.75. The summed E-state index contributed by atoms with van der Waals surface area (Å²) in [6.07, 6.45) is 1.60. The number of nitrogens with zero attached hydrogens (tertiary/aromatic N) is 1. The van der Waals surface area contributed by atoms with Crippen LogP contribution < -0.4 is 10.6 Å². The van der Waals surface area contributed by atoms with E-state index < -0.39 is 9.84 Å². The first-order valence-electron chi connectivity index (χ1n) is 6.80. The van der Waals surface area contributed by atoms with Crippen LogP contribution in [0, 0.1) is 0 Å². The van der Waals surface area contributed by atoms with E-state index in [1.807, 2.05) is 0 Å². The van der Waals surface area contributed by atoms with Crippen LogP contribution in [-0.4, -0.2) is 58.1 Å². The van der Waals surface area contributed by atoms with Gasteiger partial charge in [0.05, 0.1) is 18.1 Å². The Morgan fingerprint density at radius 1 is 1.43 bits per heavy atom. The van der Waals surface area contributed by atoms with Gasteiger partial charge in [-0.3, -0.25) is 9.79 Å². The molecule has 0 radical (unpaired) electrons. The molecule has 0 aromatic rings. The van der Waals surface area contributed by atoms with Crippen molar-refractivity contribution in [2.24, 2.45) is 4.99 Å². The van der Waals surface area contributed by atoms with Crippen LogP contribution >= 0.6 is 24.0 Å². The highest BCUT2D eigenvalue weighted by Gasteiger charge is 2.28. The SMILES string of the molecule is CCOC(=O)CCCNC(=NC)NC1CCS(=O)(=O)C1.I. The molecule has 1 atom stereocenters. The van der Waals surface area contributed by atoms with E-state index >= 15 is 0 Å². The van der Waals surface area contributed by atoms with Gasteiger partial charge in [-0.05, 0) is 19.8 Å². The smallest absolute Gasteiger partial charge is 0.305 e. The Balaban J connectivity index is 0.00000400. The van der Waals surface area contributed by atoms with E-state index in [1.165, 1.54) is 0 Å². The molecule has 1 fully saturated rings. The number of hydrogen-bond acceptors (Lipinski definition) is 5. The lowest BCUT2D eigenvalue weighted by Gasteiger charge is -2.15. The molecule has 0 aromatic carbocycles. The molecule has 1 unspecified atom stereocenters. The molecule has 9 heteroatoms. The molecular weight excluding hydrogens is 409 g/mol. The molecule has 0 saturated carbocycles. The summed E-state index contributed by atoms with van der Waals surface area (Å²) in [5, 5.41) is 6.14. The zero-order valence-electron chi connectivity index (χ0n) is 12.4. The highest BCUT2D eigenvalue weighted by atomic mass is 127. The van der Waals surface area contributed by atoms with Gasteiger partial charge in [0.25, 0.3) is 0 Å². The van der Waals surface area contributed by atoms with Crippen molar-refractivity contribution in [3.63, 3.8) is 0 Å². The van der Waals surface area contributed by atoms with Gasteiger partial charge in [-0.25, -0.2) is 8.42 Å². The number of halogens is 1. The van der Waals surface area contributed by atoms with Gasteiger partial charge in [0.1, 0.15) is 0 Å². The van der Waals surface area contributed by atoms with E-state index in [2.05, 4.69) is 15.6 Å². The lowest BCUT2D eigenvalue weighted by Crippen LogP contribution is -2.44. The highest BCUT2D eigenvalue weighted by molar-refractivity contribution is 14.0. The predicted octanol–water partition coefficient (Wildman–Crippen LogP) is 0.300. The average molecular weight is 433 g/mol. The summed E-state index contributed by atoms with van der Waals surface area (Å²) < 4.78 is 27.5. The van der Waals surface area contributed by atoms with Gasteiger partial charge < -0.3 is 15.4 Å². The molecule has 1 saturated heterocycles. The molecule has 1 aliphatic rings. The molecular formula is C12H24IN3O4S. The summed E-state index contributed by atoms with van der Waals surface area (Å²) in [4.78, 5) is 15.2. The maximum Gasteiger partial charge on any atom is 0.305 e. The lowest BCUT2D eigenvalue weighted by atomic mass is 10.3. The van der Waals surface area contributed by atoms with Crippen LogP contribution in [0.4, 0.5) is 0 Å². The first-order chi connectivity index (χ1) is 9.46. The molecule has 0 bridgehead atoms. The van der Waals surface area contributed by atoms with Crippen molar-refractivity contribution < 1.29 is 17.9 Å². The van der Waals surface area contributed by atoms with E-state index in [0.717, 1.165) is 0 Å². The number of guanidine groups is 1. The minimum Gasteiger partial charge on any atom is -0.466 e. The van der Waals surface area contributed by atoms with Crippen LogP contribution in [0.15, 0.2) is 4.99 Å². The van der Waals surface area contributed by atoms with Crippen LogP contribution in [0.5, 0.6) is 0 Å². The fourth-order valence-electron chi connectivity index (χ4n) is 1.97. The molecule has 1 heterocycles. The predicted molar refractivity (Wildman–Crippen MR) is 92.8 cm³/mol. The van der Waals surface area contributed by atoms with E-state index in [9.17, 15) is 13.2 Å². The Morgan fingerprint density at radius 2 is 2.14 bits per heavy atom. The van der Waals surface area contributed by atoms with Crippen LogP contribution in [0.2, 0.25) is 0 Å². The molecule has 0 amide bonds. The lowest BCUT2D eigenvalue weighted by molar-refractivity contribution is -0.143. The van der Waals surface area contributed by atoms with Gasteiger partial charge >= 0.3 is 5.97 Å². The molecule has 7 nitrogen and oxygen atoms in total. The highest BCUT2D eigenvalue weighted by Crippen LogP contribution is 2.10. The third kappa shape index (κ3) is 8.44. The number of hydrogen-bond donors (Lipinski definition) is 2. The number of esters is 1. The van der Waals surface area contributed by atoms with Crippen LogP contribution in [0.25, 0.3) is 0 Å². The van der Waals surface area contributed by atoms with E-state index in [1.54, 1.807) is 14.0 Å². The van der Waals surface area contributed by atoms with Gasteiger partial charge in [0.15, 0.2) is 15.8 Å². The van der Waals surface area contributed by atoms with E-state index in [0.29, 0.717) is 38.4 Å². The van der Waals surface area contributed by atoms with Crippen molar-refractivity contribution in [1.29, 1.82) is 0 Å². The quantitative estimate of drug-likeness (QED) is 0.206. The Labute approximate surface area is 143 Å². The monoisotopic (exact) mass is 433 g/mol. The Kier molecular flexibility index (Phi) is 9.92. The minimum atomic E-state index is -2.90. The number of carbonyl (C=O) groups is 1. The van der Waals surface area contributed by atoms with Crippen LogP contribution in [0.3, 0.4) is 0 Å². The van der Waals surface area contributed by atoms with Gasteiger partial charge in [-0.2, -0.15) is 0 Å². The van der Waals surface area contributed by atoms with Crippen molar-refractivity contribution in [3.8, 4) is 0 Å². The zero-order valence-corrected chi connectivity index (χ0v) is 15.6. The number of aliphatic imine (C=N–C) groups is 1. The maximum absolute atomic E-state index is 11.4. The number of sulfone groups is 1. The third-order valence-corrected chi connectivity index (χ3v) is 4.72. The van der Waals surface area contributed by atoms with Crippen molar-refractivity contribution in [1.82, 2.24) is 10.6 Å². The molecule has 2 N–H and O–H groups in total. The number of ether oxygens (including phenoxy) is 1. The Morgan fingerprint density at radius 3 is 2.67 bits per heavy atom. The largest absolute Gasteiger partial charge is 0.466 e. The average Bonchev–Trinajstić information content (AvgIpc) is 2.72. The second kappa shape index (κ2) is 10.2.